The molecule has 6 rings (SSSR count). The van der Waals surface area contributed by atoms with E-state index < -0.39 is 0 Å². The summed E-state index contributed by atoms with van der Waals surface area (Å²) in [6.45, 7) is 7.11. The fourth-order valence-corrected chi connectivity index (χ4v) is 6.06. The van der Waals surface area contributed by atoms with Gasteiger partial charge in [0.1, 0.15) is 5.52 Å². The molecule has 1 atom stereocenters. The number of likely N-dealkylation sites (tertiary alicyclic amines) is 1. The van der Waals surface area contributed by atoms with Gasteiger partial charge in [-0.15, -0.1) is 0 Å². The fourth-order valence-electron chi connectivity index (χ4n) is 6.06. The largest absolute Gasteiger partial charge is 0.371 e. The molecular weight excluding hydrogens is 526 g/mol. The van der Waals surface area contributed by atoms with Crippen LogP contribution < -0.4 is 15.5 Å². The van der Waals surface area contributed by atoms with E-state index in [4.69, 9.17) is 9.97 Å². The number of para-hydroxylation sites is 1. The van der Waals surface area contributed by atoms with Crippen LogP contribution in [0.1, 0.15) is 31.7 Å². The molecule has 2 aromatic heterocycles. The minimum absolute atomic E-state index is 0.0116. The molecule has 42 heavy (non-hydrogen) atoms. The molecule has 2 aliphatic rings. The van der Waals surface area contributed by atoms with Crippen molar-refractivity contribution in [2.24, 2.45) is 0 Å². The first kappa shape index (κ1) is 27.7. The van der Waals surface area contributed by atoms with Crippen LogP contribution in [0, 0.1) is 0 Å². The normalized spacial score (nSPS) is 17.9. The Bertz CT molecular complexity index is 1530. The molecule has 218 valence electrons. The first-order valence-electron chi connectivity index (χ1n) is 14.8. The van der Waals surface area contributed by atoms with Gasteiger partial charge in [-0.1, -0.05) is 24.8 Å². The Kier molecular flexibility index (Phi) is 8.05. The highest BCUT2D eigenvalue weighted by atomic mass is 16.2. The number of nitrogens with zero attached hydrogens (tertiary/aromatic N) is 7. The molecule has 2 N–H and O–H groups in total. The maximum absolute atomic E-state index is 12.5. The van der Waals surface area contributed by atoms with Crippen molar-refractivity contribution < 1.29 is 4.79 Å². The van der Waals surface area contributed by atoms with Gasteiger partial charge in [-0.3, -0.25) is 9.36 Å². The standard InChI is InChI=1S/C32H39N9O/c1-4-29(42)40-18-8-11-27(22-40)41-30-28(36-32(41)35-23-9-6-5-7-10-23)21-33-31(37-30)34-24-12-14-26(15-13-24)39-19-16-25(17-20-39)38(2)3/h4-7,9-10,12-15,21,25,27H,1,8,11,16-20,22H2,2-3H3,(H,35,36)(H,33,34,37)/t27-/m0/s1. The van der Waals surface area contributed by atoms with Crippen LogP contribution in [0.2, 0.25) is 0 Å². The van der Waals surface area contributed by atoms with Gasteiger partial charge in [-0.05, 0) is 82.3 Å². The summed E-state index contributed by atoms with van der Waals surface area (Å²) >= 11 is 0. The number of anilines is 5. The number of piperidine rings is 2. The third-order valence-electron chi connectivity index (χ3n) is 8.39. The van der Waals surface area contributed by atoms with Crippen molar-refractivity contribution in [3.8, 4) is 0 Å². The topological polar surface area (TPSA) is 94.4 Å². The summed E-state index contributed by atoms with van der Waals surface area (Å²) in [7, 11) is 4.34. The molecule has 0 bridgehead atoms. The average molecular weight is 566 g/mol. The molecule has 2 aromatic carbocycles. The summed E-state index contributed by atoms with van der Waals surface area (Å²) in [6, 6.07) is 19.1. The van der Waals surface area contributed by atoms with Crippen LogP contribution in [-0.4, -0.2) is 81.5 Å². The van der Waals surface area contributed by atoms with Gasteiger partial charge in [-0.25, -0.2) is 9.97 Å². The predicted octanol–water partition coefficient (Wildman–Crippen LogP) is 5.19. The third-order valence-corrected chi connectivity index (χ3v) is 8.39. The number of imidazole rings is 1. The lowest BCUT2D eigenvalue weighted by molar-refractivity contribution is -0.127. The van der Waals surface area contributed by atoms with E-state index in [-0.39, 0.29) is 11.9 Å². The van der Waals surface area contributed by atoms with Crippen molar-refractivity contribution in [2.75, 3.05) is 55.8 Å². The number of hydrogen-bond donors (Lipinski definition) is 2. The zero-order chi connectivity index (χ0) is 29.1. The van der Waals surface area contributed by atoms with E-state index in [1.54, 1.807) is 6.20 Å². The number of nitrogens with one attached hydrogen (secondary N) is 2. The summed E-state index contributed by atoms with van der Waals surface area (Å²) in [5.74, 6) is 1.14. The van der Waals surface area contributed by atoms with Gasteiger partial charge in [0.15, 0.2) is 5.65 Å². The zero-order valence-electron chi connectivity index (χ0n) is 24.4. The Morgan fingerprint density at radius 1 is 0.952 bits per heavy atom. The van der Waals surface area contributed by atoms with Gasteiger partial charge in [-0.2, -0.15) is 4.98 Å². The van der Waals surface area contributed by atoms with Crippen LogP contribution in [0.4, 0.5) is 29.0 Å². The van der Waals surface area contributed by atoms with Crippen molar-refractivity contribution in [3.63, 3.8) is 0 Å². The number of rotatable bonds is 8. The predicted molar refractivity (Wildman–Crippen MR) is 169 cm³/mol. The van der Waals surface area contributed by atoms with E-state index in [1.165, 1.54) is 24.6 Å². The highest BCUT2D eigenvalue weighted by Gasteiger charge is 2.28. The number of carbonyl (C=O) groups is 1. The van der Waals surface area contributed by atoms with Crippen LogP contribution in [0.5, 0.6) is 0 Å². The number of benzene rings is 2. The zero-order valence-corrected chi connectivity index (χ0v) is 24.4. The van der Waals surface area contributed by atoms with E-state index >= 15 is 0 Å². The molecule has 4 aromatic rings. The lowest BCUT2D eigenvalue weighted by Gasteiger charge is -2.36. The second kappa shape index (κ2) is 12.2. The number of hydrogen-bond acceptors (Lipinski definition) is 8. The van der Waals surface area contributed by atoms with E-state index in [0.29, 0.717) is 30.0 Å². The van der Waals surface area contributed by atoms with Crippen LogP contribution in [-0.2, 0) is 4.79 Å². The molecule has 1 amide bonds. The van der Waals surface area contributed by atoms with Gasteiger partial charge in [0.2, 0.25) is 17.8 Å². The van der Waals surface area contributed by atoms with Crippen molar-refractivity contribution in [1.29, 1.82) is 0 Å². The molecule has 0 saturated carbocycles. The summed E-state index contributed by atoms with van der Waals surface area (Å²) in [5, 5.41) is 6.85. The average Bonchev–Trinajstić information content (AvgIpc) is 3.38. The number of amides is 1. The first-order chi connectivity index (χ1) is 20.5. The number of fused-ring (bicyclic) bond motifs is 1. The van der Waals surface area contributed by atoms with Gasteiger partial charge in [0, 0.05) is 49.3 Å². The smallest absolute Gasteiger partial charge is 0.246 e. The van der Waals surface area contributed by atoms with Crippen molar-refractivity contribution in [1.82, 2.24) is 29.3 Å². The molecule has 4 heterocycles. The minimum Gasteiger partial charge on any atom is -0.371 e. The second-order valence-electron chi connectivity index (χ2n) is 11.3. The van der Waals surface area contributed by atoms with E-state index in [2.05, 4.69) is 74.9 Å². The van der Waals surface area contributed by atoms with Gasteiger partial charge < -0.3 is 25.3 Å². The van der Waals surface area contributed by atoms with Gasteiger partial charge in [0.05, 0.1) is 12.2 Å². The highest BCUT2D eigenvalue weighted by Crippen LogP contribution is 2.32. The van der Waals surface area contributed by atoms with E-state index in [9.17, 15) is 4.79 Å². The van der Waals surface area contributed by atoms with Crippen LogP contribution in [0.15, 0.2) is 73.4 Å². The fraction of sp³-hybridized carbons (Fsp3) is 0.375. The highest BCUT2D eigenvalue weighted by molar-refractivity contribution is 5.87. The Morgan fingerprint density at radius 2 is 1.69 bits per heavy atom. The molecule has 10 nitrogen and oxygen atoms in total. The summed E-state index contributed by atoms with van der Waals surface area (Å²) in [5.41, 5.74) is 4.52. The summed E-state index contributed by atoms with van der Waals surface area (Å²) < 4.78 is 2.12. The Balaban J connectivity index is 1.25. The number of carbonyl (C=O) groups excluding carboxylic acids is 1. The third kappa shape index (κ3) is 5.94. The van der Waals surface area contributed by atoms with Gasteiger partial charge in [0.25, 0.3) is 0 Å². The van der Waals surface area contributed by atoms with Crippen molar-refractivity contribution in [2.45, 2.75) is 37.8 Å². The molecular formula is C32H39N9O. The van der Waals surface area contributed by atoms with Crippen LogP contribution >= 0.6 is 0 Å². The van der Waals surface area contributed by atoms with Crippen molar-refractivity contribution in [3.05, 3.63) is 73.4 Å². The molecule has 10 heteroatoms. The molecule has 2 aliphatic heterocycles. The Morgan fingerprint density at radius 3 is 2.40 bits per heavy atom. The monoisotopic (exact) mass is 565 g/mol. The lowest BCUT2D eigenvalue weighted by Crippen LogP contribution is -2.41. The Labute approximate surface area is 247 Å². The lowest BCUT2D eigenvalue weighted by atomic mass is 10.0. The minimum atomic E-state index is -0.0517. The molecule has 2 saturated heterocycles. The second-order valence-corrected chi connectivity index (χ2v) is 11.3. The Hall–Kier alpha value is -4.44. The van der Waals surface area contributed by atoms with Crippen molar-refractivity contribution >= 4 is 46.0 Å². The molecule has 0 spiro atoms. The SMILES string of the molecule is C=CC(=O)N1CCC[C@H](n2c(Nc3ccccc3)nc3cnc(Nc4ccc(N5CCC(N(C)C)CC5)cc4)nc32)C1. The van der Waals surface area contributed by atoms with Gasteiger partial charge >= 0.3 is 0 Å². The summed E-state index contributed by atoms with van der Waals surface area (Å²) in [4.78, 5) is 33.5. The molecule has 0 unspecified atom stereocenters. The molecule has 2 fully saturated rings. The molecule has 0 aliphatic carbocycles. The number of aromatic nitrogens is 4. The summed E-state index contributed by atoms with van der Waals surface area (Å²) in [6.07, 6.45) is 7.31. The van der Waals surface area contributed by atoms with E-state index in [1.807, 2.05) is 35.2 Å². The van der Waals surface area contributed by atoms with Crippen LogP contribution in [0.25, 0.3) is 11.2 Å². The first-order valence-corrected chi connectivity index (χ1v) is 14.8. The van der Waals surface area contributed by atoms with Crippen LogP contribution in [0.3, 0.4) is 0 Å². The molecule has 0 radical (unpaired) electrons. The quantitative estimate of drug-likeness (QED) is 0.282. The maximum atomic E-state index is 12.5. The maximum Gasteiger partial charge on any atom is 0.246 e. The van der Waals surface area contributed by atoms with E-state index in [0.717, 1.165) is 49.5 Å².